The standard InChI is InChI=1S/C11H16N2OS/c1-11(2,3)9-5-4-8(15-9)7-6-14-10(12)13-7/h4-5,7H,6H2,1-3H3,(H2,12,13). The average Bonchev–Trinajstić information content (AvgIpc) is 2.69. The molecular formula is C11H16N2OS. The Balaban J connectivity index is 2.21. The van der Waals surface area contributed by atoms with Crippen LogP contribution in [0.2, 0.25) is 0 Å². The minimum absolute atomic E-state index is 0.103. The third-order valence-electron chi connectivity index (χ3n) is 2.37. The van der Waals surface area contributed by atoms with E-state index in [0.29, 0.717) is 12.6 Å². The zero-order valence-corrected chi connectivity index (χ0v) is 10.1. The summed E-state index contributed by atoms with van der Waals surface area (Å²) in [5, 5.41) is 0. The lowest BCUT2D eigenvalue weighted by molar-refractivity contribution is 0.316. The molecule has 1 atom stereocenters. The van der Waals surface area contributed by atoms with E-state index in [1.165, 1.54) is 9.75 Å². The molecule has 2 N–H and O–H groups in total. The van der Waals surface area contributed by atoms with Gasteiger partial charge in [0, 0.05) is 9.75 Å². The number of amidine groups is 1. The summed E-state index contributed by atoms with van der Waals surface area (Å²) in [5.74, 6) is 0. The van der Waals surface area contributed by atoms with Crippen LogP contribution in [-0.4, -0.2) is 12.6 Å². The zero-order chi connectivity index (χ0) is 11.1. The van der Waals surface area contributed by atoms with E-state index in [1.807, 2.05) is 0 Å². The molecule has 0 amide bonds. The van der Waals surface area contributed by atoms with Crippen LogP contribution in [0.15, 0.2) is 17.1 Å². The highest BCUT2D eigenvalue weighted by molar-refractivity contribution is 7.12. The molecular weight excluding hydrogens is 208 g/mol. The number of rotatable bonds is 1. The molecule has 1 aromatic rings. The molecule has 0 aromatic carbocycles. The molecule has 0 bridgehead atoms. The molecule has 4 heteroatoms. The molecule has 0 radical (unpaired) electrons. The molecule has 82 valence electrons. The van der Waals surface area contributed by atoms with Gasteiger partial charge in [-0.15, -0.1) is 11.3 Å². The normalized spacial score (nSPS) is 21.3. The summed E-state index contributed by atoms with van der Waals surface area (Å²) in [4.78, 5) is 6.85. The fourth-order valence-corrected chi connectivity index (χ4v) is 2.56. The first-order valence-electron chi connectivity index (χ1n) is 5.03. The number of hydrogen-bond donors (Lipinski definition) is 1. The number of hydrogen-bond acceptors (Lipinski definition) is 4. The molecule has 0 spiro atoms. The third-order valence-corrected chi connectivity index (χ3v) is 3.98. The minimum atomic E-state index is 0.103. The van der Waals surface area contributed by atoms with Crippen LogP contribution in [0.4, 0.5) is 0 Å². The first-order valence-corrected chi connectivity index (χ1v) is 5.85. The predicted molar refractivity (Wildman–Crippen MR) is 63.3 cm³/mol. The van der Waals surface area contributed by atoms with Crippen molar-refractivity contribution in [2.24, 2.45) is 10.7 Å². The maximum absolute atomic E-state index is 5.49. The lowest BCUT2D eigenvalue weighted by Crippen LogP contribution is -2.10. The number of ether oxygens (including phenoxy) is 1. The Morgan fingerprint density at radius 3 is 2.67 bits per heavy atom. The second-order valence-electron chi connectivity index (χ2n) is 4.75. The van der Waals surface area contributed by atoms with Gasteiger partial charge < -0.3 is 10.5 Å². The first kappa shape index (κ1) is 10.5. The van der Waals surface area contributed by atoms with E-state index in [-0.39, 0.29) is 11.5 Å². The van der Waals surface area contributed by atoms with E-state index in [4.69, 9.17) is 10.5 Å². The third kappa shape index (κ3) is 2.15. The van der Waals surface area contributed by atoms with Gasteiger partial charge in [0.05, 0.1) is 0 Å². The van der Waals surface area contributed by atoms with Gasteiger partial charge in [0.25, 0.3) is 6.02 Å². The summed E-state index contributed by atoms with van der Waals surface area (Å²) in [6.45, 7) is 7.22. The SMILES string of the molecule is CC(C)(C)c1ccc(C2COC(N)=N2)s1. The molecule has 1 aliphatic heterocycles. The highest BCUT2D eigenvalue weighted by atomic mass is 32.1. The maximum atomic E-state index is 5.49. The van der Waals surface area contributed by atoms with Gasteiger partial charge in [0.15, 0.2) is 0 Å². The second kappa shape index (κ2) is 3.52. The Hall–Kier alpha value is -1.03. The fraction of sp³-hybridized carbons (Fsp3) is 0.545. The number of aliphatic imine (C=N–C) groups is 1. The van der Waals surface area contributed by atoms with E-state index in [2.05, 4.69) is 37.9 Å². The minimum Gasteiger partial charge on any atom is -0.463 e. The van der Waals surface area contributed by atoms with E-state index in [0.717, 1.165) is 0 Å². The molecule has 1 aromatic heterocycles. The first-order chi connectivity index (χ1) is 6.97. The summed E-state index contributed by atoms with van der Waals surface area (Å²) in [7, 11) is 0. The van der Waals surface area contributed by atoms with E-state index >= 15 is 0 Å². The fourth-order valence-electron chi connectivity index (χ4n) is 1.47. The lowest BCUT2D eigenvalue weighted by Gasteiger charge is -2.15. The van der Waals surface area contributed by atoms with Crippen molar-refractivity contribution in [3.05, 3.63) is 21.9 Å². The van der Waals surface area contributed by atoms with Crippen molar-refractivity contribution in [1.29, 1.82) is 0 Å². The molecule has 0 aliphatic carbocycles. The van der Waals surface area contributed by atoms with Crippen LogP contribution in [0.5, 0.6) is 0 Å². The second-order valence-corrected chi connectivity index (χ2v) is 5.86. The summed E-state index contributed by atoms with van der Waals surface area (Å²) in [6.07, 6.45) is 0. The molecule has 1 unspecified atom stereocenters. The Morgan fingerprint density at radius 2 is 2.20 bits per heavy atom. The van der Waals surface area contributed by atoms with E-state index in [1.54, 1.807) is 11.3 Å². The Kier molecular flexibility index (Phi) is 2.46. The van der Waals surface area contributed by atoms with Gasteiger partial charge in [-0.05, 0) is 17.5 Å². The molecule has 0 saturated carbocycles. The van der Waals surface area contributed by atoms with Gasteiger partial charge >= 0.3 is 0 Å². The highest BCUT2D eigenvalue weighted by Gasteiger charge is 2.23. The molecule has 15 heavy (non-hydrogen) atoms. The van der Waals surface area contributed by atoms with Gasteiger partial charge in [0.1, 0.15) is 12.6 Å². The lowest BCUT2D eigenvalue weighted by atomic mass is 9.95. The monoisotopic (exact) mass is 224 g/mol. The molecule has 0 saturated heterocycles. The smallest absolute Gasteiger partial charge is 0.282 e. The number of nitrogens with two attached hydrogens (primary N) is 1. The van der Waals surface area contributed by atoms with Crippen LogP contribution in [-0.2, 0) is 10.2 Å². The van der Waals surface area contributed by atoms with Crippen molar-refractivity contribution in [2.45, 2.75) is 32.2 Å². The summed E-state index contributed by atoms with van der Waals surface area (Å²) in [5.41, 5.74) is 5.69. The molecule has 2 heterocycles. The Labute approximate surface area is 94.0 Å². The van der Waals surface area contributed by atoms with E-state index < -0.39 is 0 Å². The predicted octanol–water partition coefficient (Wildman–Crippen LogP) is 2.43. The van der Waals surface area contributed by atoms with Crippen LogP contribution in [0.1, 0.15) is 36.6 Å². The summed E-state index contributed by atoms with van der Waals surface area (Å²) in [6, 6.07) is 4.71. The number of thiophene rings is 1. The van der Waals surface area contributed by atoms with Crippen molar-refractivity contribution in [3.63, 3.8) is 0 Å². The van der Waals surface area contributed by atoms with Crippen molar-refractivity contribution < 1.29 is 4.74 Å². The molecule has 2 rings (SSSR count). The largest absolute Gasteiger partial charge is 0.463 e. The summed E-state index contributed by atoms with van der Waals surface area (Å²) >= 11 is 1.80. The van der Waals surface area contributed by atoms with Crippen molar-refractivity contribution in [1.82, 2.24) is 0 Å². The van der Waals surface area contributed by atoms with Gasteiger partial charge in [-0.1, -0.05) is 20.8 Å². The maximum Gasteiger partial charge on any atom is 0.282 e. The van der Waals surface area contributed by atoms with Crippen molar-refractivity contribution >= 4 is 17.4 Å². The van der Waals surface area contributed by atoms with E-state index in [9.17, 15) is 0 Å². The van der Waals surface area contributed by atoms with Crippen LogP contribution < -0.4 is 5.73 Å². The number of nitrogens with zero attached hydrogens (tertiary/aromatic N) is 1. The Morgan fingerprint density at radius 1 is 1.47 bits per heavy atom. The molecule has 0 fully saturated rings. The zero-order valence-electron chi connectivity index (χ0n) is 9.28. The van der Waals surface area contributed by atoms with Gasteiger partial charge in [-0.3, -0.25) is 0 Å². The Bertz CT molecular complexity index is 390. The van der Waals surface area contributed by atoms with Crippen molar-refractivity contribution in [2.75, 3.05) is 6.61 Å². The van der Waals surface area contributed by atoms with Crippen LogP contribution in [0.3, 0.4) is 0 Å². The van der Waals surface area contributed by atoms with Gasteiger partial charge in [-0.25, -0.2) is 4.99 Å². The average molecular weight is 224 g/mol. The van der Waals surface area contributed by atoms with Crippen LogP contribution in [0.25, 0.3) is 0 Å². The van der Waals surface area contributed by atoms with Crippen LogP contribution >= 0.6 is 11.3 Å². The topological polar surface area (TPSA) is 47.6 Å². The van der Waals surface area contributed by atoms with Crippen molar-refractivity contribution in [3.8, 4) is 0 Å². The molecule has 1 aliphatic rings. The van der Waals surface area contributed by atoms with Crippen LogP contribution in [0, 0.1) is 0 Å². The highest BCUT2D eigenvalue weighted by Crippen LogP contribution is 2.34. The quantitative estimate of drug-likeness (QED) is 0.796. The summed E-state index contributed by atoms with van der Waals surface area (Å²) < 4.78 is 5.15. The van der Waals surface area contributed by atoms with Gasteiger partial charge in [-0.2, -0.15) is 0 Å². The molecule has 3 nitrogen and oxygen atoms in total. The van der Waals surface area contributed by atoms with Gasteiger partial charge in [0.2, 0.25) is 0 Å².